The van der Waals surface area contributed by atoms with Crippen LogP contribution in [0.15, 0.2) is 71.1 Å². The third-order valence-electron chi connectivity index (χ3n) is 6.08. The van der Waals surface area contributed by atoms with Crippen molar-refractivity contribution in [1.29, 1.82) is 0 Å². The molecule has 0 spiro atoms. The van der Waals surface area contributed by atoms with Crippen LogP contribution in [0.5, 0.6) is 5.75 Å². The molecule has 7 nitrogen and oxygen atoms in total. The third kappa shape index (κ3) is 3.54. The van der Waals surface area contributed by atoms with Crippen LogP contribution in [0, 0.1) is 0 Å². The maximum Gasteiger partial charge on any atom is 0.355 e. The predicted octanol–water partition coefficient (Wildman–Crippen LogP) is 6.29. The molecule has 35 heavy (non-hydrogen) atoms. The fraction of sp³-hybridized carbons (Fsp3) is 0.148. The smallest absolute Gasteiger partial charge is 0.355 e. The van der Waals surface area contributed by atoms with Gasteiger partial charge in [-0.1, -0.05) is 30.3 Å². The summed E-state index contributed by atoms with van der Waals surface area (Å²) in [6.07, 6.45) is 0. The van der Waals surface area contributed by atoms with Gasteiger partial charge in [-0.05, 0) is 54.4 Å². The van der Waals surface area contributed by atoms with Gasteiger partial charge < -0.3 is 18.5 Å². The van der Waals surface area contributed by atoms with E-state index in [-0.39, 0.29) is 6.61 Å². The fourth-order valence-corrected chi connectivity index (χ4v) is 5.04. The van der Waals surface area contributed by atoms with E-state index in [2.05, 4.69) is 8.75 Å². The molecule has 3 heterocycles. The molecule has 0 fully saturated rings. The molecule has 0 aliphatic heterocycles. The molecular formula is C27H21N3O4S. The monoisotopic (exact) mass is 483 g/mol. The summed E-state index contributed by atoms with van der Waals surface area (Å²) in [5.74, 6) is 0.335. The number of rotatable bonds is 6. The van der Waals surface area contributed by atoms with Crippen molar-refractivity contribution in [3.05, 3.63) is 78.0 Å². The first-order valence-electron chi connectivity index (χ1n) is 11.2. The lowest BCUT2D eigenvalue weighted by atomic mass is 10.0. The highest BCUT2D eigenvalue weighted by Gasteiger charge is 2.29. The average Bonchev–Trinajstić information content (AvgIpc) is 3.57. The largest absolute Gasteiger partial charge is 0.497 e. The Morgan fingerprint density at radius 2 is 1.83 bits per heavy atom. The molecule has 8 heteroatoms. The summed E-state index contributed by atoms with van der Waals surface area (Å²) in [6, 6.07) is 21.5. The molecule has 0 radical (unpaired) electrons. The quantitative estimate of drug-likeness (QED) is 0.259. The van der Waals surface area contributed by atoms with Gasteiger partial charge in [0.1, 0.15) is 28.1 Å². The van der Waals surface area contributed by atoms with Crippen LogP contribution in [0.4, 0.5) is 0 Å². The van der Waals surface area contributed by atoms with Gasteiger partial charge in [0.15, 0.2) is 5.58 Å². The second-order valence-electron chi connectivity index (χ2n) is 8.12. The first-order valence-corrected chi connectivity index (χ1v) is 12.0. The van der Waals surface area contributed by atoms with Crippen LogP contribution in [0.2, 0.25) is 0 Å². The van der Waals surface area contributed by atoms with Crippen molar-refractivity contribution in [2.75, 3.05) is 13.7 Å². The van der Waals surface area contributed by atoms with Gasteiger partial charge in [0.05, 0.1) is 36.5 Å². The van der Waals surface area contributed by atoms with Crippen LogP contribution in [0.25, 0.3) is 44.2 Å². The molecular weight excluding hydrogens is 462 g/mol. The minimum atomic E-state index is -0.398. The zero-order valence-electron chi connectivity index (χ0n) is 19.1. The number of fused-ring (bicyclic) bond motifs is 4. The topological polar surface area (TPSA) is 79.4 Å². The van der Waals surface area contributed by atoms with Crippen LogP contribution in [-0.4, -0.2) is 33.0 Å². The second-order valence-corrected chi connectivity index (χ2v) is 8.65. The van der Waals surface area contributed by atoms with Gasteiger partial charge in [-0.15, -0.1) is 0 Å². The van der Waals surface area contributed by atoms with E-state index < -0.39 is 5.97 Å². The summed E-state index contributed by atoms with van der Waals surface area (Å²) in [5.41, 5.74) is 6.95. The molecule has 3 aromatic carbocycles. The predicted molar refractivity (Wildman–Crippen MR) is 136 cm³/mol. The molecule has 6 rings (SSSR count). The highest BCUT2D eigenvalue weighted by molar-refractivity contribution is 7.00. The fourth-order valence-electron chi connectivity index (χ4n) is 4.53. The third-order valence-corrected chi connectivity index (χ3v) is 6.64. The second kappa shape index (κ2) is 8.56. The van der Waals surface area contributed by atoms with Crippen molar-refractivity contribution in [3.8, 4) is 16.9 Å². The van der Waals surface area contributed by atoms with E-state index in [9.17, 15) is 4.79 Å². The highest BCUT2D eigenvalue weighted by atomic mass is 32.1. The Morgan fingerprint density at radius 3 is 2.63 bits per heavy atom. The number of carbonyl (C=O) groups excluding carboxylic acids is 1. The highest BCUT2D eigenvalue weighted by Crippen LogP contribution is 2.41. The Morgan fingerprint density at radius 1 is 1.03 bits per heavy atom. The number of carbonyl (C=O) groups is 1. The number of benzene rings is 3. The lowest BCUT2D eigenvalue weighted by Gasteiger charge is -2.12. The van der Waals surface area contributed by atoms with Crippen molar-refractivity contribution in [1.82, 2.24) is 13.3 Å². The number of aromatic nitrogens is 3. The van der Waals surface area contributed by atoms with Crippen LogP contribution >= 0.6 is 11.7 Å². The first-order chi connectivity index (χ1) is 17.2. The van der Waals surface area contributed by atoms with Crippen molar-refractivity contribution in [2.24, 2.45) is 0 Å². The summed E-state index contributed by atoms with van der Waals surface area (Å²) in [5, 5.41) is 0.934. The van der Waals surface area contributed by atoms with E-state index in [1.54, 1.807) is 14.0 Å². The Kier molecular flexibility index (Phi) is 5.22. The molecule has 0 saturated carbocycles. The number of hydrogen-bond donors (Lipinski definition) is 0. The Labute approximate surface area is 204 Å². The van der Waals surface area contributed by atoms with Gasteiger partial charge in [0.25, 0.3) is 0 Å². The summed E-state index contributed by atoms with van der Waals surface area (Å²) in [6.45, 7) is 2.52. The van der Waals surface area contributed by atoms with Gasteiger partial charge in [-0.3, -0.25) is 0 Å². The number of para-hydroxylation sites is 1. The Balaban J connectivity index is 1.65. The molecule has 0 saturated heterocycles. The summed E-state index contributed by atoms with van der Waals surface area (Å²) < 4.78 is 27.9. The number of ether oxygens (including phenoxy) is 2. The van der Waals surface area contributed by atoms with E-state index in [0.717, 1.165) is 44.4 Å². The minimum absolute atomic E-state index is 0.268. The zero-order chi connectivity index (χ0) is 23.9. The Hall–Kier alpha value is -4.17. The van der Waals surface area contributed by atoms with Crippen molar-refractivity contribution in [3.63, 3.8) is 0 Å². The molecule has 3 aromatic heterocycles. The van der Waals surface area contributed by atoms with Gasteiger partial charge in [-0.25, -0.2) is 4.79 Å². The van der Waals surface area contributed by atoms with E-state index >= 15 is 0 Å². The lowest BCUT2D eigenvalue weighted by Crippen LogP contribution is -2.14. The molecule has 0 N–H and O–H groups in total. The standard InChI is InChI=1S/C27H21N3O4S/c1-3-33-27(31)25-23(17-9-11-18(32-2)12-10-17)26-24(19-6-4-5-7-22(19)34-26)30(25)15-16-8-13-20-21(14-16)29-35-28-20/h4-14H,3,15H2,1-2H3. The van der Waals surface area contributed by atoms with E-state index in [0.29, 0.717) is 23.4 Å². The van der Waals surface area contributed by atoms with Gasteiger partial charge in [-0.2, -0.15) is 8.75 Å². The minimum Gasteiger partial charge on any atom is -0.497 e. The number of esters is 1. The number of nitrogens with zero attached hydrogens (tertiary/aromatic N) is 3. The van der Waals surface area contributed by atoms with Crippen LogP contribution < -0.4 is 4.74 Å². The average molecular weight is 484 g/mol. The van der Waals surface area contributed by atoms with Crippen molar-refractivity contribution in [2.45, 2.75) is 13.5 Å². The summed E-state index contributed by atoms with van der Waals surface area (Å²) in [7, 11) is 1.63. The molecule has 174 valence electrons. The summed E-state index contributed by atoms with van der Waals surface area (Å²) >= 11 is 1.19. The first kappa shape index (κ1) is 21.4. The molecule has 0 aliphatic carbocycles. The van der Waals surface area contributed by atoms with Crippen LogP contribution in [-0.2, 0) is 11.3 Å². The van der Waals surface area contributed by atoms with Crippen LogP contribution in [0.1, 0.15) is 23.0 Å². The molecule has 0 unspecified atom stereocenters. The number of hydrogen-bond acceptors (Lipinski definition) is 7. The molecule has 0 atom stereocenters. The normalized spacial score (nSPS) is 11.5. The van der Waals surface area contributed by atoms with E-state index in [4.69, 9.17) is 13.9 Å². The maximum absolute atomic E-state index is 13.4. The summed E-state index contributed by atoms with van der Waals surface area (Å²) in [4.78, 5) is 13.4. The zero-order valence-corrected chi connectivity index (χ0v) is 20.0. The SMILES string of the molecule is CCOC(=O)c1c(-c2ccc(OC)cc2)c2oc3ccccc3c2n1Cc1ccc2nsnc2c1. The van der Waals surface area contributed by atoms with Gasteiger partial charge in [0, 0.05) is 11.9 Å². The number of methoxy groups -OCH3 is 1. The molecule has 0 bridgehead atoms. The van der Waals surface area contributed by atoms with Crippen molar-refractivity contribution >= 4 is 50.8 Å². The maximum atomic E-state index is 13.4. The Bertz CT molecular complexity index is 1690. The van der Waals surface area contributed by atoms with Crippen molar-refractivity contribution < 1.29 is 18.7 Å². The number of furan rings is 1. The van der Waals surface area contributed by atoms with Gasteiger partial charge >= 0.3 is 5.97 Å². The molecule has 6 aromatic rings. The lowest BCUT2D eigenvalue weighted by molar-refractivity contribution is 0.0516. The molecule has 0 aliphatic rings. The van der Waals surface area contributed by atoms with Gasteiger partial charge in [0.2, 0.25) is 0 Å². The molecule has 0 amide bonds. The van der Waals surface area contributed by atoms with E-state index in [1.807, 2.05) is 71.3 Å². The van der Waals surface area contributed by atoms with E-state index in [1.165, 1.54) is 11.7 Å². The van der Waals surface area contributed by atoms with Crippen LogP contribution in [0.3, 0.4) is 0 Å².